The maximum absolute atomic E-state index is 12.4. The molecule has 0 amide bonds. The molecule has 1 aromatic heterocycles. The molecule has 2 N–H and O–H groups in total. The first-order valence-electron chi connectivity index (χ1n) is 7.37. The average Bonchev–Trinajstić information content (AvgIpc) is 2.74. The maximum Gasteiger partial charge on any atom is 0.449 e. The summed E-state index contributed by atoms with van der Waals surface area (Å²) in [5.74, 6) is -2.25. The summed E-state index contributed by atoms with van der Waals surface area (Å²) < 4.78 is 39.8. The largest absolute Gasteiger partial charge is 0.449 e. The lowest BCUT2D eigenvalue weighted by molar-refractivity contribution is -0.171. The maximum atomic E-state index is 12.4. The Morgan fingerprint density at radius 1 is 1.25 bits per heavy atom. The van der Waals surface area contributed by atoms with E-state index >= 15 is 0 Å². The number of hydrogen-bond donors (Lipinski definition) is 1. The van der Waals surface area contributed by atoms with E-state index in [-0.39, 0.29) is 12.1 Å². The first kappa shape index (κ1) is 17.8. The molecule has 0 spiro atoms. The van der Waals surface area contributed by atoms with Gasteiger partial charge in [0.15, 0.2) is 0 Å². The quantitative estimate of drug-likeness (QED) is 0.909. The van der Waals surface area contributed by atoms with Crippen molar-refractivity contribution >= 4 is 11.5 Å². The van der Waals surface area contributed by atoms with Crippen LogP contribution in [0.25, 0.3) is 5.69 Å². The number of alkyl halides is 3. The number of nitrogens with zero attached hydrogens (tertiary/aromatic N) is 2. The van der Waals surface area contributed by atoms with Crippen molar-refractivity contribution in [2.75, 3.05) is 5.73 Å². The molecule has 0 bridgehead atoms. The molecule has 0 aliphatic carbocycles. The van der Waals surface area contributed by atoms with Gasteiger partial charge in [-0.1, -0.05) is 25.1 Å². The van der Waals surface area contributed by atoms with E-state index in [1.54, 1.807) is 44.3 Å². The molecule has 0 saturated heterocycles. The van der Waals surface area contributed by atoms with Gasteiger partial charge in [-0.15, -0.1) is 0 Å². The number of carbonyl (C=O) groups is 1. The summed E-state index contributed by atoms with van der Waals surface area (Å²) in [6, 6.07) is 8.77. The number of carbonyl (C=O) groups excluding carboxylic acids is 1. The molecule has 0 saturated carbocycles. The van der Waals surface area contributed by atoms with Crippen LogP contribution in [0.2, 0.25) is 0 Å². The zero-order chi connectivity index (χ0) is 18.1. The Morgan fingerprint density at radius 3 is 2.38 bits per heavy atom. The SMILES string of the molecule is C[C@@H](CCC(=O)C(F)(F)F)c1c(N)c(=O)n(-c2ccccc2)n1C. The average molecular weight is 341 g/mol. The second-order valence-electron chi connectivity index (χ2n) is 5.64. The van der Waals surface area contributed by atoms with Crippen LogP contribution < -0.4 is 11.3 Å². The monoisotopic (exact) mass is 341 g/mol. The molecule has 2 rings (SSSR count). The summed E-state index contributed by atoms with van der Waals surface area (Å²) in [5, 5.41) is 0. The predicted molar refractivity (Wildman–Crippen MR) is 84.1 cm³/mol. The number of Topliss-reactive ketones (excluding diaryl/α,β-unsaturated/α-hetero) is 1. The van der Waals surface area contributed by atoms with Crippen molar-refractivity contribution < 1.29 is 18.0 Å². The molecule has 0 fully saturated rings. The number of nitrogens with two attached hydrogens (primary N) is 1. The minimum absolute atomic E-state index is 0.0201. The second-order valence-corrected chi connectivity index (χ2v) is 5.64. The van der Waals surface area contributed by atoms with Crippen molar-refractivity contribution in [2.45, 2.75) is 31.9 Å². The van der Waals surface area contributed by atoms with Crippen LogP contribution in [0.15, 0.2) is 35.1 Å². The third kappa shape index (κ3) is 3.37. The Bertz CT molecular complexity index is 791. The summed E-state index contributed by atoms with van der Waals surface area (Å²) in [5.41, 5.74) is 6.43. The molecule has 0 radical (unpaired) electrons. The molecule has 1 heterocycles. The van der Waals surface area contributed by atoms with Gasteiger partial charge in [-0.25, -0.2) is 4.68 Å². The second kappa shape index (κ2) is 6.54. The summed E-state index contributed by atoms with van der Waals surface area (Å²) in [7, 11) is 1.61. The number of para-hydroxylation sites is 1. The van der Waals surface area contributed by atoms with Gasteiger partial charge in [-0.3, -0.25) is 14.3 Å². The van der Waals surface area contributed by atoms with E-state index in [4.69, 9.17) is 5.73 Å². The number of halogens is 3. The molecule has 1 aromatic carbocycles. The fourth-order valence-electron chi connectivity index (χ4n) is 2.71. The van der Waals surface area contributed by atoms with Crippen molar-refractivity contribution in [1.29, 1.82) is 0 Å². The number of benzene rings is 1. The molecule has 0 aliphatic heterocycles. The first-order chi connectivity index (χ1) is 11.1. The van der Waals surface area contributed by atoms with E-state index < -0.39 is 29.9 Å². The van der Waals surface area contributed by atoms with Crippen LogP contribution in [0.5, 0.6) is 0 Å². The van der Waals surface area contributed by atoms with E-state index in [9.17, 15) is 22.8 Å². The fraction of sp³-hybridized carbons (Fsp3) is 0.375. The number of hydrogen-bond acceptors (Lipinski definition) is 3. The highest BCUT2D eigenvalue weighted by Gasteiger charge is 2.37. The topological polar surface area (TPSA) is 70.0 Å². The Kier molecular flexibility index (Phi) is 4.86. The molecule has 1 atom stereocenters. The van der Waals surface area contributed by atoms with E-state index in [2.05, 4.69) is 0 Å². The van der Waals surface area contributed by atoms with E-state index in [0.717, 1.165) is 0 Å². The number of ketones is 1. The van der Waals surface area contributed by atoms with Crippen LogP contribution in [0.3, 0.4) is 0 Å². The molecular formula is C16H18F3N3O2. The zero-order valence-corrected chi connectivity index (χ0v) is 13.3. The van der Waals surface area contributed by atoms with E-state index in [1.165, 1.54) is 9.36 Å². The highest BCUT2D eigenvalue weighted by Crippen LogP contribution is 2.27. The van der Waals surface area contributed by atoms with Crippen LogP contribution in [0, 0.1) is 0 Å². The van der Waals surface area contributed by atoms with Crippen LogP contribution >= 0.6 is 0 Å². The lowest BCUT2D eigenvalue weighted by atomic mass is 9.99. The van der Waals surface area contributed by atoms with Crippen molar-refractivity contribution in [1.82, 2.24) is 9.36 Å². The molecule has 5 nitrogen and oxygen atoms in total. The highest BCUT2D eigenvalue weighted by atomic mass is 19.4. The number of aromatic nitrogens is 2. The molecular weight excluding hydrogens is 323 g/mol. The van der Waals surface area contributed by atoms with Gasteiger partial charge in [0.1, 0.15) is 5.69 Å². The van der Waals surface area contributed by atoms with Gasteiger partial charge >= 0.3 is 6.18 Å². The number of rotatable bonds is 5. The Labute approximate surface area is 136 Å². The van der Waals surface area contributed by atoms with Crippen LogP contribution in [-0.4, -0.2) is 21.3 Å². The molecule has 0 aliphatic rings. The van der Waals surface area contributed by atoms with Gasteiger partial charge in [-0.05, 0) is 18.6 Å². The van der Waals surface area contributed by atoms with E-state index in [1.807, 2.05) is 0 Å². The van der Waals surface area contributed by atoms with E-state index in [0.29, 0.717) is 11.4 Å². The minimum atomic E-state index is -4.84. The van der Waals surface area contributed by atoms with Crippen molar-refractivity contribution in [3.05, 3.63) is 46.4 Å². The predicted octanol–water partition coefficient (Wildman–Crippen LogP) is 2.77. The number of nitrogen functional groups attached to an aromatic ring is 1. The zero-order valence-electron chi connectivity index (χ0n) is 13.3. The summed E-state index contributed by atoms with van der Waals surface area (Å²) in [6.45, 7) is 1.64. The molecule has 0 unspecified atom stereocenters. The smallest absolute Gasteiger partial charge is 0.393 e. The van der Waals surface area contributed by atoms with Crippen molar-refractivity contribution in [2.24, 2.45) is 7.05 Å². The van der Waals surface area contributed by atoms with Crippen LogP contribution in [0.4, 0.5) is 18.9 Å². The highest BCUT2D eigenvalue weighted by molar-refractivity contribution is 5.84. The van der Waals surface area contributed by atoms with Crippen LogP contribution in [0.1, 0.15) is 31.4 Å². The molecule has 8 heteroatoms. The first-order valence-corrected chi connectivity index (χ1v) is 7.37. The van der Waals surface area contributed by atoms with Gasteiger partial charge in [0.2, 0.25) is 5.78 Å². The third-order valence-corrected chi connectivity index (χ3v) is 3.94. The lowest BCUT2D eigenvalue weighted by Crippen LogP contribution is -2.23. The van der Waals surface area contributed by atoms with Crippen molar-refractivity contribution in [3.8, 4) is 5.69 Å². The summed E-state index contributed by atoms with van der Waals surface area (Å²) in [6.07, 6.45) is -5.53. The van der Waals surface area contributed by atoms with Gasteiger partial charge in [0.25, 0.3) is 5.56 Å². The minimum Gasteiger partial charge on any atom is -0.393 e. The fourth-order valence-corrected chi connectivity index (χ4v) is 2.71. The van der Waals surface area contributed by atoms with Gasteiger partial charge in [0.05, 0.1) is 11.4 Å². The molecule has 2 aromatic rings. The standard InChI is InChI=1S/C16H18F3N3O2/c1-10(8-9-12(23)16(17,18)19)14-13(20)15(24)22(21(14)2)11-6-4-3-5-7-11/h3-7,10H,8-9,20H2,1-2H3/t10-/m0/s1. The summed E-state index contributed by atoms with van der Waals surface area (Å²) >= 11 is 0. The van der Waals surface area contributed by atoms with Crippen LogP contribution in [-0.2, 0) is 11.8 Å². The Hall–Kier alpha value is -2.51. The Morgan fingerprint density at radius 2 is 1.83 bits per heavy atom. The van der Waals surface area contributed by atoms with Crippen molar-refractivity contribution in [3.63, 3.8) is 0 Å². The third-order valence-electron chi connectivity index (χ3n) is 3.94. The normalized spacial score (nSPS) is 13.0. The van der Waals surface area contributed by atoms with Gasteiger partial charge in [0, 0.05) is 19.4 Å². The van der Waals surface area contributed by atoms with Gasteiger partial charge < -0.3 is 5.73 Å². The summed E-state index contributed by atoms with van der Waals surface area (Å²) in [4.78, 5) is 23.4. The molecule has 130 valence electrons. The number of anilines is 1. The molecule has 24 heavy (non-hydrogen) atoms. The van der Waals surface area contributed by atoms with Gasteiger partial charge in [-0.2, -0.15) is 13.2 Å². The lowest BCUT2D eigenvalue weighted by Gasteiger charge is -2.15. The Balaban J connectivity index is 2.32.